The molecule has 0 aliphatic rings. The van der Waals surface area contributed by atoms with Crippen LogP contribution in [0.1, 0.15) is 17.3 Å². The Morgan fingerprint density at radius 1 is 1.06 bits per heavy atom. The molecule has 0 aliphatic carbocycles. The highest BCUT2D eigenvalue weighted by Crippen LogP contribution is 2.27. The summed E-state index contributed by atoms with van der Waals surface area (Å²) in [5.41, 5.74) is 0.229. The molecule has 0 bridgehead atoms. The average Bonchev–Trinajstić information content (AvgIpc) is 2.27. The molecule has 0 spiro atoms. The number of carbonyl (C=O) groups is 2. The van der Waals surface area contributed by atoms with E-state index in [4.69, 9.17) is 9.47 Å². The summed E-state index contributed by atoms with van der Waals surface area (Å²) in [5, 5.41) is 0. The van der Waals surface area contributed by atoms with Gasteiger partial charge in [-0.3, -0.25) is 4.79 Å². The van der Waals surface area contributed by atoms with E-state index in [9.17, 15) is 9.59 Å². The van der Waals surface area contributed by atoms with E-state index < -0.39 is 11.9 Å². The quantitative estimate of drug-likeness (QED) is 0.573. The van der Waals surface area contributed by atoms with Crippen molar-refractivity contribution in [2.24, 2.45) is 0 Å². The lowest BCUT2D eigenvalue weighted by Crippen LogP contribution is -2.09. The molecule has 1 rings (SSSR count). The Morgan fingerprint density at radius 2 is 1.69 bits per heavy atom. The van der Waals surface area contributed by atoms with Gasteiger partial charge >= 0.3 is 11.9 Å². The van der Waals surface area contributed by atoms with Crippen LogP contribution in [-0.2, 0) is 9.53 Å². The number of hydrogen-bond acceptors (Lipinski definition) is 5. The number of hydrogen-bond donors (Lipinski definition) is 0. The fourth-order valence-corrected chi connectivity index (χ4v) is 1.15. The van der Waals surface area contributed by atoms with Crippen LogP contribution < -0.4 is 9.47 Å². The summed E-state index contributed by atoms with van der Waals surface area (Å²) in [6, 6.07) is 4.51. The van der Waals surface area contributed by atoms with Gasteiger partial charge in [0.1, 0.15) is 0 Å². The first-order valence-electron chi connectivity index (χ1n) is 4.53. The summed E-state index contributed by atoms with van der Waals surface area (Å²) in [5.74, 6) is -0.462. The maximum absolute atomic E-state index is 11.4. The Kier molecular flexibility index (Phi) is 3.88. The van der Waals surface area contributed by atoms with Crippen molar-refractivity contribution in [3.63, 3.8) is 0 Å². The van der Waals surface area contributed by atoms with E-state index in [0.717, 1.165) is 0 Å². The lowest BCUT2D eigenvalue weighted by molar-refractivity contribution is -0.135. The molecule has 5 heteroatoms. The smallest absolute Gasteiger partial charge is 0.345 e. The molecule has 0 N–H and O–H groups in total. The van der Waals surface area contributed by atoms with Crippen LogP contribution in [0.15, 0.2) is 18.2 Å². The van der Waals surface area contributed by atoms with Gasteiger partial charge in [-0.25, -0.2) is 4.79 Å². The Labute approximate surface area is 92.9 Å². The zero-order chi connectivity index (χ0) is 12.1. The van der Waals surface area contributed by atoms with Gasteiger partial charge in [0.15, 0.2) is 11.5 Å². The van der Waals surface area contributed by atoms with Gasteiger partial charge in [0.2, 0.25) is 0 Å². The number of rotatable bonds is 3. The molecular weight excluding hydrogens is 212 g/mol. The molecule has 0 unspecified atom stereocenters. The molecular formula is C11H12O5. The van der Waals surface area contributed by atoms with Crippen LogP contribution >= 0.6 is 0 Å². The summed E-state index contributed by atoms with van der Waals surface area (Å²) in [4.78, 5) is 22.0. The second-order valence-corrected chi connectivity index (χ2v) is 2.95. The third-order valence-corrected chi connectivity index (χ3v) is 1.86. The Hall–Kier alpha value is -2.04. The minimum absolute atomic E-state index is 0.229. The number of ether oxygens (including phenoxy) is 3. The third kappa shape index (κ3) is 2.73. The number of benzene rings is 1. The van der Waals surface area contributed by atoms with E-state index in [1.54, 1.807) is 6.07 Å². The van der Waals surface area contributed by atoms with Gasteiger partial charge in [0.25, 0.3) is 0 Å². The fraction of sp³-hybridized carbons (Fsp3) is 0.273. The summed E-state index contributed by atoms with van der Waals surface area (Å²) in [6.07, 6.45) is 0. The van der Waals surface area contributed by atoms with E-state index in [-0.39, 0.29) is 5.56 Å². The second-order valence-electron chi connectivity index (χ2n) is 2.95. The van der Waals surface area contributed by atoms with E-state index in [0.29, 0.717) is 11.5 Å². The minimum Gasteiger partial charge on any atom is -0.493 e. The molecule has 0 fully saturated rings. The van der Waals surface area contributed by atoms with Crippen LogP contribution in [-0.4, -0.2) is 26.2 Å². The van der Waals surface area contributed by atoms with Gasteiger partial charge < -0.3 is 14.2 Å². The zero-order valence-electron chi connectivity index (χ0n) is 9.27. The largest absolute Gasteiger partial charge is 0.493 e. The van der Waals surface area contributed by atoms with Crippen molar-refractivity contribution in [3.8, 4) is 11.5 Å². The summed E-state index contributed by atoms with van der Waals surface area (Å²) in [6.45, 7) is 1.17. The first-order valence-corrected chi connectivity index (χ1v) is 4.53. The van der Waals surface area contributed by atoms with Crippen LogP contribution in [0.4, 0.5) is 0 Å². The molecule has 5 nitrogen and oxygen atoms in total. The average molecular weight is 224 g/mol. The second kappa shape index (κ2) is 5.16. The SMILES string of the molecule is COc1ccc(C(=O)OC(C)=O)cc1OC. The Bertz CT molecular complexity index is 411. The highest BCUT2D eigenvalue weighted by Gasteiger charge is 2.13. The normalized spacial score (nSPS) is 9.44. The van der Waals surface area contributed by atoms with Crippen LogP contribution in [0, 0.1) is 0 Å². The van der Waals surface area contributed by atoms with Crippen LogP contribution in [0.5, 0.6) is 11.5 Å². The van der Waals surface area contributed by atoms with Crippen molar-refractivity contribution < 1.29 is 23.8 Å². The van der Waals surface area contributed by atoms with Crippen LogP contribution in [0.25, 0.3) is 0 Å². The molecule has 16 heavy (non-hydrogen) atoms. The van der Waals surface area contributed by atoms with Crippen LogP contribution in [0.2, 0.25) is 0 Å². The van der Waals surface area contributed by atoms with E-state index in [1.807, 2.05) is 0 Å². The molecule has 86 valence electrons. The lowest BCUT2D eigenvalue weighted by Gasteiger charge is -2.08. The van der Waals surface area contributed by atoms with Crippen molar-refractivity contribution >= 4 is 11.9 Å². The van der Waals surface area contributed by atoms with Gasteiger partial charge in [-0.1, -0.05) is 0 Å². The topological polar surface area (TPSA) is 61.8 Å². The maximum Gasteiger partial charge on any atom is 0.345 e. The van der Waals surface area contributed by atoms with E-state index >= 15 is 0 Å². The van der Waals surface area contributed by atoms with Crippen molar-refractivity contribution in [3.05, 3.63) is 23.8 Å². The first-order chi connectivity index (χ1) is 7.58. The number of methoxy groups -OCH3 is 2. The predicted molar refractivity (Wildman–Crippen MR) is 55.6 cm³/mol. The molecule has 0 atom stereocenters. The minimum atomic E-state index is -0.714. The number of esters is 2. The highest BCUT2D eigenvalue weighted by molar-refractivity contribution is 5.96. The van der Waals surface area contributed by atoms with Crippen molar-refractivity contribution in [1.29, 1.82) is 0 Å². The number of carbonyl (C=O) groups excluding carboxylic acids is 2. The zero-order valence-corrected chi connectivity index (χ0v) is 9.27. The lowest BCUT2D eigenvalue weighted by atomic mass is 10.2. The van der Waals surface area contributed by atoms with Gasteiger partial charge in [-0.2, -0.15) is 0 Å². The van der Waals surface area contributed by atoms with Crippen molar-refractivity contribution in [1.82, 2.24) is 0 Å². The van der Waals surface area contributed by atoms with Gasteiger partial charge in [-0.15, -0.1) is 0 Å². The molecule has 1 aromatic rings. The van der Waals surface area contributed by atoms with Crippen molar-refractivity contribution in [2.45, 2.75) is 6.92 Å². The monoisotopic (exact) mass is 224 g/mol. The van der Waals surface area contributed by atoms with Crippen LogP contribution in [0.3, 0.4) is 0 Å². The molecule has 1 aromatic carbocycles. The third-order valence-electron chi connectivity index (χ3n) is 1.86. The first kappa shape index (κ1) is 12.0. The molecule has 0 amide bonds. The molecule has 0 saturated carbocycles. The Balaban J connectivity index is 2.98. The van der Waals surface area contributed by atoms with Gasteiger partial charge in [0.05, 0.1) is 19.8 Å². The Morgan fingerprint density at radius 3 is 2.19 bits per heavy atom. The van der Waals surface area contributed by atoms with Gasteiger partial charge in [0, 0.05) is 6.92 Å². The maximum atomic E-state index is 11.4. The van der Waals surface area contributed by atoms with Gasteiger partial charge in [-0.05, 0) is 18.2 Å². The standard InChI is InChI=1S/C11H12O5/c1-7(12)16-11(13)8-4-5-9(14-2)10(6-8)15-3/h4-6H,1-3H3. The van der Waals surface area contributed by atoms with E-state index in [1.165, 1.54) is 33.3 Å². The van der Waals surface area contributed by atoms with E-state index in [2.05, 4.69) is 4.74 Å². The molecule has 0 aromatic heterocycles. The highest BCUT2D eigenvalue weighted by atomic mass is 16.6. The molecule has 0 saturated heterocycles. The summed E-state index contributed by atoms with van der Waals surface area (Å²) in [7, 11) is 2.95. The molecule has 0 heterocycles. The predicted octanol–water partition coefficient (Wildman–Crippen LogP) is 1.41. The molecule has 0 aliphatic heterocycles. The molecule has 0 radical (unpaired) electrons. The summed E-state index contributed by atoms with van der Waals surface area (Å²) < 4.78 is 14.5. The summed E-state index contributed by atoms with van der Waals surface area (Å²) >= 11 is 0. The fourth-order valence-electron chi connectivity index (χ4n) is 1.15. The van der Waals surface area contributed by atoms with Crippen molar-refractivity contribution in [2.75, 3.05) is 14.2 Å².